The molecule has 0 spiro atoms. The van der Waals surface area contributed by atoms with Crippen LogP contribution in [0, 0.1) is 6.92 Å². The SMILES string of the molecule is Cc1ccc(C(=O)N2CCN(C/C(N)=N/O)CC2)cc1Br. The fourth-order valence-electron chi connectivity index (χ4n) is 2.28. The molecule has 1 fully saturated rings. The van der Waals surface area contributed by atoms with E-state index in [9.17, 15) is 4.79 Å². The zero-order valence-electron chi connectivity index (χ0n) is 11.9. The van der Waals surface area contributed by atoms with Crippen LogP contribution in [0.1, 0.15) is 15.9 Å². The first kappa shape index (κ1) is 15.8. The van der Waals surface area contributed by atoms with Crippen molar-refractivity contribution < 1.29 is 10.0 Å². The second-order valence-corrected chi connectivity index (χ2v) is 5.98. The van der Waals surface area contributed by atoms with Crippen LogP contribution < -0.4 is 5.73 Å². The minimum Gasteiger partial charge on any atom is -0.409 e. The third kappa shape index (κ3) is 3.95. The predicted molar refractivity (Wildman–Crippen MR) is 84.6 cm³/mol. The number of carbonyl (C=O) groups excluding carboxylic acids is 1. The largest absolute Gasteiger partial charge is 0.409 e. The monoisotopic (exact) mass is 354 g/mol. The Labute approximate surface area is 132 Å². The number of hydrogen-bond donors (Lipinski definition) is 2. The van der Waals surface area contributed by atoms with E-state index >= 15 is 0 Å². The number of halogens is 1. The van der Waals surface area contributed by atoms with Gasteiger partial charge < -0.3 is 15.8 Å². The Kier molecular flexibility index (Phi) is 5.19. The Morgan fingerprint density at radius 2 is 2.05 bits per heavy atom. The maximum absolute atomic E-state index is 12.4. The van der Waals surface area contributed by atoms with Gasteiger partial charge in [0.15, 0.2) is 5.84 Å². The van der Waals surface area contributed by atoms with Crippen molar-refractivity contribution >= 4 is 27.7 Å². The highest BCUT2D eigenvalue weighted by atomic mass is 79.9. The van der Waals surface area contributed by atoms with Gasteiger partial charge in [0, 0.05) is 36.2 Å². The van der Waals surface area contributed by atoms with E-state index in [1.807, 2.05) is 30.0 Å². The van der Waals surface area contributed by atoms with Crippen molar-refractivity contribution in [1.29, 1.82) is 0 Å². The van der Waals surface area contributed by atoms with Crippen LogP contribution in [0.3, 0.4) is 0 Å². The topological polar surface area (TPSA) is 82.2 Å². The van der Waals surface area contributed by atoms with Crippen LogP contribution in [0.4, 0.5) is 0 Å². The van der Waals surface area contributed by atoms with Gasteiger partial charge in [0.2, 0.25) is 0 Å². The molecule has 0 saturated carbocycles. The summed E-state index contributed by atoms with van der Waals surface area (Å²) in [6.07, 6.45) is 0. The summed E-state index contributed by atoms with van der Waals surface area (Å²) >= 11 is 3.45. The van der Waals surface area contributed by atoms with E-state index in [1.165, 1.54) is 0 Å². The summed E-state index contributed by atoms with van der Waals surface area (Å²) in [4.78, 5) is 16.3. The first-order chi connectivity index (χ1) is 10.0. The number of oxime groups is 1. The van der Waals surface area contributed by atoms with Gasteiger partial charge in [-0.2, -0.15) is 0 Å². The third-order valence-corrected chi connectivity index (χ3v) is 4.45. The number of rotatable bonds is 3. The molecule has 1 aromatic carbocycles. The molecule has 6 nitrogen and oxygen atoms in total. The number of piperazine rings is 1. The summed E-state index contributed by atoms with van der Waals surface area (Å²) < 4.78 is 0.943. The molecule has 21 heavy (non-hydrogen) atoms. The van der Waals surface area contributed by atoms with Crippen molar-refractivity contribution in [3.8, 4) is 0 Å². The van der Waals surface area contributed by atoms with E-state index in [-0.39, 0.29) is 11.7 Å². The van der Waals surface area contributed by atoms with Gasteiger partial charge in [-0.25, -0.2) is 0 Å². The Bertz CT molecular complexity index is 554. The minimum absolute atomic E-state index is 0.0409. The van der Waals surface area contributed by atoms with Crippen molar-refractivity contribution in [3.05, 3.63) is 33.8 Å². The van der Waals surface area contributed by atoms with E-state index in [0.29, 0.717) is 25.2 Å². The fraction of sp³-hybridized carbons (Fsp3) is 0.429. The van der Waals surface area contributed by atoms with E-state index in [2.05, 4.69) is 26.0 Å². The summed E-state index contributed by atoms with van der Waals surface area (Å²) in [7, 11) is 0. The molecule has 114 valence electrons. The highest BCUT2D eigenvalue weighted by Gasteiger charge is 2.22. The average molecular weight is 355 g/mol. The molecule has 0 aromatic heterocycles. The molecule has 0 radical (unpaired) electrons. The molecule has 0 unspecified atom stereocenters. The minimum atomic E-state index is 0.0409. The molecule has 2 rings (SSSR count). The Balaban J connectivity index is 1.95. The molecule has 1 aromatic rings. The average Bonchev–Trinajstić information content (AvgIpc) is 2.50. The number of carbonyl (C=O) groups is 1. The van der Waals surface area contributed by atoms with Gasteiger partial charge >= 0.3 is 0 Å². The van der Waals surface area contributed by atoms with Crippen LogP contribution in [-0.2, 0) is 0 Å². The molecule has 1 amide bonds. The predicted octanol–water partition coefficient (Wildman–Crippen LogP) is 1.26. The van der Waals surface area contributed by atoms with Crippen LogP contribution in [0.5, 0.6) is 0 Å². The molecular weight excluding hydrogens is 336 g/mol. The number of aryl methyl sites for hydroxylation is 1. The lowest BCUT2D eigenvalue weighted by Crippen LogP contribution is -2.50. The zero-order valence-corrected chi connectivity index (χ0v) is 13.5. The Hall–Kier alpha value is -1.60. The van der Waals surface area contributed by atoms with E-state index in [1.54, 1.807) is 0 Å². The van der Waals surface area contributed by atoms with E-state index in [4.69, 9.17) is 10.9 Å². The van der Waals surface area contributed by atoms with Gasteiger partial charge in [-0.1, -0.05) is 27.2 Å². The summed E-state index contributed by atoms with van der Waals surface area (Å²) in [6.45, 7) is 5.13. The van der Waals surface area contributed by atoms with Crippen LogP contribution >= 0.6 is 15.9 Å². The number of nitrogens with two attached hydrogens (primary N) is 1. The smallest absolute Gasteiger partial charge is 0.253 e. The normalized spacial score (nSPS) is 17.0. The van der Waals surface area contributed by atoms with Gasteiger partial charge in [-0.15, -0.1) is 0 Å². The molecule has 7 heteroatoms. The molecule has 1 aliphatic heterocycles. The van der Waals surface area contributed by atoms with Gasteiger partial charge in [-0.3, -0.25) is 9.69 Å². The molecule has 0 aliphatic carbocycles. The van der Waals surface area contributed by atoms with Gasteiger partial charge in [-0.05, 0) is 24.6 Å². The maximum atomic E-state index is 12.4. The number of hydrogen-bond acceptors (Lipinski definition) is 4. The Morgan fingerprint density at radius 3 is 2.62 bits per heavy atom. The van der Waals surface area contributed by atoms with Crippen LogP contribution in [0.15, 0.2) is 27.8 Å². The number of amides is 1. The highest BCUT2D eigenvalue weighted by Crippen LogP contribution is 2.19. The van der Waals surface area contributed by atoms with Crippen molar-refractivity contribution in [1.82, 2.24) is 9.80 Å². The van der Waals surface area contributed by atoms with Crippen LogP contribution in [-0.4, -0.2) is 59.5 Å². The summed E-state index contributed by atoms with van der Waals surface area (Å²) in [5.74, 6) is 0.233. The molecule has 1 heterocycles. The lowest BCUT2D eigenvalue weighted by atomic mass is 10.1. The second kappa shape index (κ2) is 6.91. The van der Waals surface area contributed by atoms with Crippen molar-refractivity contribution in [2.75, 3.05) is 32.7 Å². The Morgan fingerprint density at radius 1 is 1.38 bits per heavy atom. The lowest BCUT2D eigenvalue weighted by molar-refractivity contribution is 0.0653. The number of nitrogens with zero attached hydrogens (tertiary/aromatic N) is 3. The maximum Gasteiger partial charge on any atom is 0.253 e. The molecular formula is C14H19BrN4O2. The zero-order chi connectivity index (χ0) is 15.4. The van der Waals surface area contributed by atoms with Gasteiger partial charge in [0.1, 0.15) is 0 Å². The number of benzene rings is 1. The fourth-order valence-corrected chi connectivity index (χ4v) is 2.66. The molecule has 1 aliphatic rings. The van der Waals surface area contributed by atoms with Gasteiger partial charge in [0.05, 0.1) is 6.54 Å². The number of amidine groups is 1. The lowest BCUT2D eigenvalue weighted by Gasteiger charge is -2.34. The van der Waals surface area contributed by atoms with Crippen molar-refractivity contribution in [2.24, 2.45) is 10.9 Å². The second-order valence-electron chi connectivity index (χ2n) is 5.12. The summed E-state index contributed by atoms with van der Waals surface area (Å²) in [5.41, 5.74) is 7.29. The first-order valence-electron chi connectivity index (χ1n) is 6.75. The van der Waals surface area contributed by atoms with E-state index in [0.717, 1.165) is 23.1 Å². The standard InChI is InChI=1S/C14H19BrN4O2/c1-10-2-3-11(8-12(10)15)14(20)19-6-4-18(5-7-19)9-13(16)17-21/h2-3,8,21H,4-7,9H2,1H3,(H2,16,17). The summed E-state index contributed by atoms with van der Waals surface area (Å²) in [6, 6.07) is 5.65. The van der Waals surface area contributed by atoms with Gasteiger partial charge in [0.25, 0.3) is 5.91 Å². The highest BCUT2D eigenvalue weighted by molar-refractivity contribution is 9.10. The quantitative estimate of drug-likeness (QED) is 0.370. The molecule has 0 bridgehead atoms. The van der Waals surface area contributed by atoms with Crippen LogP contribution in [0.2, 0.25) is 0 Å². The molecule has 3 N–H and O–H groups in total. The van der Waals surface area contributed by atoms with Crippen LogP contribution in [0.25, 0.3) is 0 Å². The third-order valence-electron chi connectivity index (χ3n) is 3.59. The molecule has 1 saturated heterocycles. The molecule has 0 atom stereocenters. The van der Waals surface area contributed by atoms with Crippen molar-refractivity contribution in [2.45, 2.75) is 6.92 Å². The summed E-state index contributed by atoms with van der Waals surface area (Å²) in [5, 5.41) is 11.5. The van der Waals surface area contributed by atoms with Crippen molar-refractivity contribution in [3.63, 3.8) is 0 Å². The first-order valence-corrected chi connectivity index (χ1v) is 7.54. The van der Waals surface area contributed by atoms with E-state index < -0.39 is 0 Å².